The molecule has 2 aromatic carbocycles. The van der Waals surface area contributed by atoms with Crippen molar-refractivity contribution in [1.29, 1.82) is 0 Å². The van der Waals surface area contributed by atoms with Crippen molar-refractivity contribution in [3.05, 3.63) is 80.9 Å². The first-order valence-electron chi connectivity index (χ1n) is 8.97. The Morgan fingerprint density at radius 2 is 1.61 bits per heavy atom. The molecule has 3 rings (SSSR count). The highest BCUT2D eigenvalue weighted by atomic mass is 16.4. The van der Waals surface area contributed by atoms with Gasteiger partial charge in [0.15, 0.2) is 0 Å². The summed E-state index contributed by atoms with van der Waals surface area (Å²) in [7, 11) is 0. The molecule has 2 atom stereocenters. The smallest absolute Gasteiger partial charge is 0.340 e. The Kier molecular flexibility index (Phi) is 5.46. The van der Waals surface area contributed by atoms with Crippen LogP contribution >= 0.6 is 0 Å². The SMILES string of the molecule is C[C@@](CO)(C[C@@H](Cc1ccc(-c2ccccc2)cc1)Nn1c(=O)c1=O)C(=O)O. The predicted molar refractivity (Wildman–Crippen MR) is 106 cm³/mol. The van der Waals surface area contributed by atoms with Gasteiger partial charge >= 0.3 is 17.1 Å². The fourth-order valence-corrected chi connectivity index (χ4v) is 3.11. The normalized spacial score (nSPS) is 14.5. The van der Waals surface area contributed by atoms with E-state index in [0.29, 0.717) is 6.42 Å². The molecule has 3 aromatic rings. The highest BCUT2D eigenvalue weighted by Gasteiger charge is 2.36. The van der Waals surface area contributed by atoms with E-state index in [4.69, 9.17) is 0 Å². The third-order valence-electron chi connectivity index (χ3n) is 4.96. The van der Waals surface area contributed by atoms with Gasteiger partial charge in [-0.15, -0.1) is 0 Å². The number of aliphatic hydroxyl groups is 1. The molecule has 1 heterocycles. The van der Waals surface area contributed by atoms with Gasteiger partial charge < -0.3 is 15.6 Å². The molecule has 0 aliphatic rings. The molecule has 0 aliphatic carbocycles. The lowest BCUT2D eigenvalue weighted by Crippen LogP contribution is -2.41. The van der Waals surface area contributed by atoms with E-state index in [1.807, 2.05) is 54.6 Å². The molecular formula is C21H22N2O5. The van der Waals surface area contributed by atoms with Gasteiger partial charge in [0.05, 0.1) is 12.0 Å². The van der Waals surface area contributed by atoms with Crippen molar-refractivity contribution in [2.24, 2.45) is 5.41 Å². The number of nitrogens with zero attached hydrogens (tertiary/aromatic N) is 1. The number of benzene rings is 2. The molecule has 7 heteroatoms. The predicted octanol–water partition coefficient (Wildman–Crippen LogP) is 1.38. The molecule has 28 heavy (non-hydrogen) atoms. The van der Waals surface area contributed by atoms with Gasteiger partial charge in [-0.1, -0.05) is 54.6 Å². The average molecular weight is 382 g/mol. The summed E-state index contributed by atoms with van der Waals surface area (Å²) in [5.41, 5.74) is 3.17. The summed E-state index contributed by atoms with van der Waals surface area (Å²) in [6.45, 7) is 0.893. The number of hydrogen-bond acceptors (Lipinski definition) is 5. The standard InChI is InChI=1S/C21H22N2O5/c1-21(13-24,20(27)28)12-17(22-23-18(25)19(23)26)11-14-7-9-16(10-8-14)15-5-3-2-4-6-15/h2-10,17,22,24H,11-13H2,1H3,(H,27,28)/t17-,21+/m1/s1. The summed E-state index contributed by atoms with van der Waals surface area (Å²) >= 11 is 0. The summed E-state index contributed by atoms with van der Waals surface area (Å²) in [5, 5.41) is 19.0. The molecule has 0 saturated carbocycles. The van der Waals surface area contributed by atoms with E-state index in [2.05, 4.69) is 5.43 Å². The van der Waals surface area contributed by atoms with Gasteiger partial charge in [0.25, 0.3) is 0 Å². The third kappa shape index (κ3) is 4.20. The summed E-state index contributed by atoms with van der Waals surface area (Å²) in [5.74, 6) is -1.13. The van der Waals surface area contributed by atoms with Gasteiger partial charge in [0, 0.05) is 6.04 Å². The van der Waals surface area contributed by atoms with Crippen LogP contribution in [0.4, 0.5) is 0 Å². The second kappa shape index (κ2) is 7.82. The quantitative estimate of drug-likeness (QED) is 0.483. The maximum atomic E-state index is 11.5. The number of nitrogens with one attached hydrogen (secondary N) is 1. The zero-order chi connectivity index (χ0) is 20.3. The number of carboxylic acid groups (broad SMARTS) is 1. The number of aromatic nitrogens is 1. The molecule has 0 fully saturated rings. The van der Waals surface area contributed by atoms with Crippen LogP contribution in [-0.4, -0.2) is 33.5 Å². The van der Waals surface area contributed by atoms with E-state index >= 15 is 0 Å². The van der Waals surface area contributed by atoms with Crippen molar-refractivity contribution < 1.29 is 15.0 Å². The fraction of sp³-hybridized carbons (Fsp3) is 0.286. The first kappa shape index (κ1) is 19.6. The molecule has 0 radical (unpaired) electrons. The van der Waals surface area contributed by atoms with E-state index in [-0.39, 0.29) is 6.42 Å². The van der Waals surface area contributed by atoms with Crippen LogP contribution in [0.3, 0.4) is 0 Å². The minimum absolute atomic E-state index is 0.0519. The molecule has 1 aromatic heterocycles. The van der Waals surface area contributed by atoms with Gasteiger partial charge in [-0.25, -0.2) is 0 Å². The van der Waals surface area contributed by atoms with Crippen molar-refractivity contribution in [1.82, 2.24) is 4.68 Å². The van der Waals surface area contributed by atoms with Gasteiger partial charge in [-0.05, 0) is 36.5 Å². The van der Waals surface area contributed by atoms with Crippen molar-refractivity contribution in [3.8, 4) is 11.1 Å². The van der Waals surface area contributed by atoms with Crippen LogP contribution in [0, 0.1) is 5.41 Å². The number of aliphatic hydroxyl groups excluding tert-OH is 1. The largest absolute Gasteiger partial charge is 0.481 e. The molecule has 0 aliphatic heterocycles. The van der Waals surface area contributed by atoms with E-state index in [9.17, 15) is 24.6 Å². The Morgan fingerprint density at radius 3 is 2.11 bits per heavy atom. The molecule has 0 unspecified atom stereocenters. The van der Waals surface area contributed by atoms with Gasteiger partial charge in [-0.3, -0.25) is 14.4 Å². The average Bonchev–Trinajstić information content (AvgIpc) is 3.27. The molecule has 146 valence electrons. The number of rotatable bonds is 9. The van der Waals surface area contributed by atoms with E-state index < -0.39 is 35.2 Å². The van der Waals surface area contributed by atoms with Crippen LogP contribution in [0.1, 0.15) is 18.9 Å². The fourth-order valence-electron chi connectivity index (χ4n) is 3.11. The zero-order valence-electron chi connectivity index (χ0n) is 15.5. The van der Waals surface area contributed by atoms with E-state index in [1.54, 1.807) is 0 Å². The van der Waals surface area contributed by atoms with Crippen molar-refractivity contribution in [2.75, 3.05) is 12.0 Å². The van der Waals surface area contributed by atoms with Crippen LogP contribution in [0.25, 0.3) is 11.1 Å². The molecule has 0 amide bonds. The summed E-state index contributed by atoms with van der Waals surface area (Å²) in [4.78, 5) is 34.2. The van der Waals surface area contributed by atoms with Crippen LogP contribution in [-0.2, 0) is 11.2 Å². The van der Waals surface area contributed by atoms with Crippen LogP contribution in [0.2, 0.25) is 0 Å². The Bertz CT molecular complexity index is 993. The Balaban J connectivity index is 1.78. The maximum Gasteiger partial charge on any atom is 0.340 e. The molecular weight excluding hydrogens is 360 g/mol. The minimum atomic E-state index is -1.39. The lowest BCUT2D eigenvalue weighted by atomic mass is 9.83. The summed E-state index contributed by atoms with van der Waals surface area (Å²) in [6.07, 6.45) is 0.450. The van der Waals surface area contributed by atoms with Crippen LogP contribution < -0.4 is 16.5 Å². The number of aliphatic carboxylic acids is 1. The molecule has 0 spiro atoms. The molecule has 7 nitrogen and oxygen atoms in total. The Hall–Kier alpha value is -3.19. The summed E-state index contributed by atoms with van der Waals surface area (Å²) in [6, 6.07) is 17.2. The first-order valence-corrected chi connectivity index (χ1v) is 8.97. The topological polar surface area (TPSA) is 109 Å². The first-order chi connectivity index (χ1) is 13.3. The Labute approximate surface area is 161 Å². The number of carbonyl (C=O) groups is 1. The monoisotopic (exact) mass is 382 g/mol. The van der Waals surface area contributed by atoms with Crippen molar-refractivity contribution >= 4 is 5.97 Å². The van der Waals surface area contributed by atoms with E-state index in [1.165, 1.54) is 6.92 Å². The zero-order valence-corrected chi connectivity index (χ0v) is 15.5. The summed E-state index contributed by atoms with van der Waals surface area (Å²) < 4.78 is 0.878. The van der Waals surface area contributed by atoms with Gasteiger partial charge in [0.2, 0.25) is 0 Å². The maximum absolute atomic E-state index is 11.5. The molecule has 0 saturated heterocycles. The lowest BCUT2D eigenvalue weighted by Gasteiger charge is -2.28. The van der Waals surface area contributed by atoms with Gasteiger partial charge in [0.1, 0.15) is 0 Å². The Morgan fingerprint density at radius 1 is 1.04 bits per heavy atom. The minimum Gasteiger partial charge on any atom is -0.481 e. The van der Waals surface area contributed by atoms with E-state index in [0.717, 1.165) is 21.4 Å². The molecule has 3 N–H and O–H groups in total. The third-order valence-corrected chi connectivity index (χ3v) is 4.96. The number of hydrogen-bond donors (Lipinski definition) is 3. The second-order valence-corrected chi connectivity index (χ2v) is 7.27. The lowest BCUT2D eigenvalue weighted by molar-refractivity contribution is -0.151. The van der Waals surface area contributed by atoms with Crippen molar-refractivity contribution in [2.45, 2.75) is 25.8 Å². The molecule has 0 bridgehead atoms. The van der Waals surface area contributed by atoms with Crippen LogP contribution in [0.15, 0.2) is 64.2 Å². The van der Waals surface area contributed by atoms with Gasteiger partial charge in [-0.2, -0.15) is 4.68 Å². The number of carboxylic acids is 1. The van der Waals surface area contributed by atoms with Crippen molar-refractivity contribution in [3.63, 3.8) is 0 Å². The second-order valence-electron chi connectivity index (χ2n) is 7.27. The highest BCUT2D eigenvalue weighted by Crippen LogP contribution is 2.26. The van der Waals surface area contributed by atoms with Crippen LogP contribution in [0.5, 0.6) is 0 Å². The highest BCUT2D eigenvalue weighted by molar-refractivity contribution is 5.74.